The van der Waals surface area contributed by atoms with Crippen LogP contribution in [-0.2, 0) is 0 Å². The molecule has 0 saturated carbocycles. The Morgan fingerprint density at radius 3 is 2.67 bits per heavy atom. The number of aromatic nitrogens is 3. The van der Waals surface area contributed by atoms with Crippen LogP contribution in [0.3, 0.4) is 0 Å². The monoisotopic (exact) mass is 356 g/mol. The molecule has 2 aromatic heterocycles. The summed E-state index contributed by atoms with van der Waals surface area (Å²) in [5, 5.41) is 3.71. The lowest BCUT2D eigenvalue weighted by molar-refractivity contribution is 0.102. The van der Waals surface area contributed by atoms with Crippen LogP contribution in [0.1, 0.15) is 26.4 Å². The second-order valence-corrected chi connectivity index (χ2v) is 6.13. The second kappa shape index (κ2) is 6.84. The highest BCUT2D eigenvalue weighted by atomic mass is 16.1. The SMILES string of the molecule is Cc1c(NC(=O)c2ccccc2)cccc1-c1ncnc2[nH]c(C=O)cc12. The topological polar surface area (TPSA) is 87.7 Å². The summed E-state index contributed by atoms with van der Waals surface area (Å²) in [5.74, 6) is -0.173. The fraction of sp³-hybridized carbons (Fsp3) is 0.0476. The second-order valence-electron chi connectivity index (χ2n) is 6.13. The minimum atomic E-state index is -0.173. The molecule has 6 nitrogen and oxygen atoms in total. The first-order chi connectivity index (χ1) is 13.2. The number of nitrogens with zero attached hydrogens (tertiary/aromatic N) is 2. The number of hydrogen-bond acceptors (Lipinski definition) is 4. The molecule has 2 heterocycles. The normalized spacial score (nSPS) is 10.7. The lowest BCUT2D eigenvalue weighted by Crippen LogP contribution is -2.12. The lowest BCUT2D eigenvalue weighted by atomic mass is 10.0. The van der Waals surface area contributed by atoms with Gasteiger partial charge in [0.25, 0.3) is 5.91 Å². The lowest BCUT2D eigenvalue weighted by Gasteiger charge is -2.13. The van der Waals surface area contributed by atoms with Gasteiger partial charge < -0.3 is 10.3 Å². The van der Waals surface area contributed by atoms with Crippen molar-refractivity contribution in [3.63, 3.8) is 0 Å². The molecule has 4 rings (SSSR count). The summed E-state index contributed by atoms with van der Waals surface area (Å²) in [6.07, 6.45) is 2.20. The minimum Gasteiger partial charge on any atom is -0.337 e. The van der Waals surface area contributed by atoms with E-state index in [1.807, 2.05) is 43.3 Å². The van der Waals surface area contributed by atoms with E-state index >= 15 is 0 Å². The first kappa shape index (κ1) is 16.7. The number of aromatic amines is 1. The maximum atomic E-state index is 12.5. The molecule has 0 aliphatic carbocycles. The Bertz CT molecular complexity index is 1150. The number of aldehydes is 1. The maximum Gasteiger partial charge on any atom is 0.255 e. The number of anilines is 1. The van der Waals surface area contributed by atoms with Crippen LogP contribution in [0.4, 0.5) is 5.69 Å². The average Bonchev–Trinajstić information content (AvgIpc) is 3.14. The van der Waals surface area contributed by atoms with Gasteiger partial charge in [0.05, 0.1) is 11.4 Å². The third-order valence-corrected chi connectivity index (χ3v) is 4.45. The van der Waals surface area contributed by atoms with Crippen LogP contribution >= 0.6 is 0 Å². The quantitative estimate of drug-likeness (QED) is 0.541. The molecule has 0 atom stereocenters. The Kier molecular flexibility index (Phi) is 4.22. The first-order valence-electron chi connectivity index (χ1n) is 8.42. The van der Waals surface area contributed by atoms with Crippen molar-refractivity contribution in [2.75, 3.05) is 5.32 Å². The Labute approximate surface area is 155 Å². The maximum absolute atomic E-state index is 12.5. The number of rotatable bonds is 4. The predicted molar refractivity (Wildman–Crippen MR) is 104 cm³/mol. The van der Waals surface area contributed by atoms with E-state index in [9.17, 15) is 9.59 Å². The van der Waals surface area contributed by atoms with Crippen molar-refractivity contribution in [3.05, 3.63) is 77.7 Å². The molecule has 0 fully saturated rings. The Hall–Kier alpha value is -3.80. The van der Waals surface area contributed by atoms with E-state index in [-0.39, 0.29) is 5.91 Å². The molecule has 27 heavy (non-hydrogen) atoms. The number of H-pyrrole nitrogens is 1. The van der Waals surface area contributed by atoms with Gasteiger partial charge in [0.2, 0.25) is 0 Å². The van der Waals surface area contributed by atoms with Crippen LogP contribution in [0, 0.1) is 6.92 Å². The summed E-state index contributed by atoms with van der Waals surface area (Å²) >= 11 is 0. The van der Waals surface area contributed by atoms with Gasteiger partial charge in [-0.3, -0.25) is 9.59 Å². The summed E-state index contributed by atoms with van der Waals surface area (Å²) in [5.41, 5.74) is 4.79. The van der Waals surface area contributed by atoms with Crippen LogP contribution in [0.25, 0.3) is 22.3 Å². The summed E-state index contributed by atoms with van der Waals surface area (Å²) in [6, 6.07) is 16.4. The summed E-state index contributed by atoms with van der Waals surface area (Å²) in [7, 11) is 0. The van der Waals surface area contributed by atoms with Gasteiger partial charge in [-0.15, -0.1) is 0 Å². The van der Waals surface area contributed by atoms with E-state index in [2.05, 4.69) is 20.3 Å². The van der Waals surface area contributed by atoms with Gasteiger partial charge in [0.15, 0.2) is 6.29 Å². The molecule has 0 saturated heterocycles. The minimum absolute atomic E-state index is 0.173. The van der Waals surface area contributed by atoms with Gasteiger partial charge in [-0.05, 0) is 36.8 Å². The fourth-order valence-electron chi connectivity index (χ4n) is 3.05. The van der Waals surface area contributed by atoms with Crippen LogP contribution in [-0.4, -0.2) is 27.1 Å². The number of carbonyl (C=O) groups is 2. The highest BCUT2D eigenvalue weighted by Gasteiger charge is 2.15. The molecule has 6 heteroatoms. The van der Waals surface area contributed by atoms with Crippen LogP contribution in [0.15, 0.2) is 60.9 Å². The highest BCUT2D eigenvalue weighted by Crippen LogP contribution is 2.31. The van der Waals surface area contributed by atoms with E-state index in [1.165, 1.54) is 6.33 Å². The molecule has 132 valence electrons. The van der Waals surface area contributed by atoms with Crippen molar-refractivity contribution >= 4 is 28.9 Å². The smallest absolute Gasteiger partial charge is 0.255 e. The first-order valence-corrected chi connectivity index (χ1v) is 8.42. The predicted octanol–water partition coefficient (Wildman–Crippen LogP) is 4.00. The van der Waals surface area contributed by atoms with Crippen LogP contribution in [0.5, 0.6) is 0 Å². The zero-order chi connectivity index (χ0) is 18.8. The van der Waals surface area contributed by atoms with Gasteiger partial charge in [-0.2, -0.15) is 0 Å². The number of benzene rings is 2. The van der Waals surface area contributed by atoms with E-state index in [4.69, 9.17) is 0 Å². The van der Waals surface area contributed by atoms with Crippen LogP contribution in [0.2, 0.25) is 0 Å². The van der Waals surface area contributed by atoms with E-state index in [0.717, 1.165) is 22.8 Å². The van der Waals surface area contributed by atoms with Gasteiger partial charge in [-0.25, -0.2) is 9.97 Å². The largest absolute Gasteiger partial charge is 0.337 e. The zero-order valence-electron chi connectivity index (χ0n) is 14.6. The Morgan fingerprint density at radius 1 is 1.07 bits per heavy atom. The fourth-order valence-corrected chi connectivity index (χ4v) is 3.05. The van der Waals surface area contributed by atoms with Gasteiger partial charge in [-0.1, -0.05) is 30.3 Å². The van der Waals surface area contributed by atoms with Gasteiger partial charge >= 0.3 is 0 Å². The molecule has 4 aromatic rings. The van der Waals surface area contributed by atoms with Crippen molar-refractivity contribution in [2.45, 2.75) is 6.92 Å². The molecule has 0 radical (unpaired) electrons. The Morgan fingerprint density at radius 2 is 1.89 bits per heavy atom. The Balaban J connectivity index is 1.76. The van der Waals surface area contributed by atoms with Crippen molar-refractivity contribution in [2.24, 2.45) is 0 Å². The molecule has 0 bridgehead atoms. The van der Waals surface area contributed by atoms with Crippen molar-refractivity contribution in [3.8, 4) is 11.3 Å². The molecule has 2 aromatic carbocycles. The molecular weight excluding hydrogens is 340 g/mol. The summed E-state index contributed by atoms with van der Waals surface area (Å²) < 4.78 is 0. The number of carbonyl (C=O) groups excluding carboxylic acids is 2. The zero-order valence-corrected chi connectivity index (χ0v) is 14.6. The number of hydrogen-bond donors (Lipinski definition) is 2. The summed E-state index contributed by atoms with van der Waals surface area (Å²) in [4.78, 5) is 35.1. The third kappa shape index (κ3) is 3.08. The standard InChI is InChI=1S/C21H16N4O2/c1-13-16(19-17-10-15(11-26)24-20(17)23-12-22-19)8-5-9-18(13)25-21(27)14-6-3-2-4-7-14/h2-12H,1H3,(H,25,27)(H,22,23,24). The highest BCUT2D eigenvalue weighted by molar-refractivity contribution is 6.05. The van der Waals surface area contributed by atoms with E-state index < -0.39 is 0 Å². The van der Waals surface area contributed by atoms with Crippen molar-refractivity contribution in [1.82, 2.24) is 15.0 Å². The van der Waals surface area contributed by atoms with Crippen LogP contribution < -0.4 is 5.32 Å². The van der Waals surface area contributed by atoms with E-state index in [1.54, 1.807) is 18.2 Å². The van der Waals surface area contributed by atoms with Crippen molar-refractivity contribution < 1.29 is 9.59 Å². The molecule has 0 spiro atoms. The molecule has 1 amide bonds. The van der Waals surface area contributed by atoms with Crippen molar-refractivity contribution in [1.29, 1.82) is 0 Å². The average molecular weight is 356 g/mol. The number of nitrogens with one attached hydrogen (secondary N) is 2. The van der Waals surface area contributed by atoms with E-state index in [0.29, 0.717) is 28.3 Å². The number of amides is 1. The molecule has 0 unspecified atom stereocenters. The molecule has 0 aliphatic rings. The molecule has 2 N–H and O–H groups in total. The van der Waals surface area contributed by atoms with Gasteiger partial charge in [0, 0.05) is 22.2 Å². The number of fused-ring (bicyclic) bond motifs is 1. The summed E-state index contributed by atoms with van der Waals surface area (Å²) in [6.45, 7) is 1.93. The molecule has 0 aliphatic heterocycles. The third-order valence-electron chi connectivity index (χ3n) is 4.45. The molecular formula is C21H16N4O2. The van der Waals surface area contributed by atoms with Gasteiger partial charge in [0.1, 0.15) is 12.0 Å².